The zero-order valence-electron chi connectivity index (χ0n) is 11.6. The van der Waals surface area contributed by atoms with Crippen LogP contribution in [0.15, 0.2) is 36.4 Å². The van der Waals surface area contributed by atoms with Gasteiger partial charge in [-0.25, -0.2) is 4.39 Å². The van der Waals surface area contributed by atoms with Gasteiger partial charge in [0.1, 0.15) is 17.3 Å². The van der Waals surface area contributed by atoms with Crippen LogP contribution in [0.1, 0.15) is 21.5 Å². The lowest BCUT2D eigenvalue weighted by molar-refractivity contribution is 0.103. The molecule has 0 spiro atoms. The molecule has 0 fully saturated rings. The van der Waals surface area contributed by atoms with Crippen molar-refractivity contribution in [3.05, 3.63) is 58.9 Å². The summed E-state index contributed by atoms with van der Waals surface area (Å²) in [5, 5.41) is 0. The Kier molecular flexibility index (Phi) is 4.03. The van der Waals surface area contributed by atoms with Gasteiger partial charge in [0, 0.05) is 5.56 Å². The molecule has 0 radical (unpaired) electrons. The van der Waals surface area contributed by atoms with Crippen LogP contribution in [0, 0.1) is 12.7 Å². The van der Waals surface area contributed by atoms with Crippen molar-refractivity contribution in [1.29, 1.82) is 0 Å². The lowest BCUT2D eigenvalue weighted by Crippen LogP contribution is -2.05. The molecule has 0 unspecified atom stereocenters. The smallest absolute Gasteiger partial charge is 0.196 e. The number of halogens is 1. The van der Waals surface area contributed by atoms with Gasteiger partial charge in [-0.05, 0) is 48.9 Å². The van der Waals surface area contributed by atoms with Crippen LogP contribution >= 0.6 is 0 Å². The van der Waals surface area contributed by atoms with Crippen molar-refractivity contribution in [2.75, 3.05) is 14.2 Å². The summed E-state index contributed by atoms with van der Waals surface area (Å²) in [5.41, 5.74) is 1.51. The Balaban J connectivity index is 2.46. The molecular weight excluding hydrogens is 259 g/mol. The van der Waals surface area contributed by atoms with Gasteiger partial charge in [0.25, 0.3) is 0 Å². The number of benzene rings is 2. The molecule has 0 atom stereocenters. The maximum atomic E-state index is 13.3. The Hall–Kier alpha value is -2.36. The van der Waals surface area contributed by atoms with E-state index in [0.29, 0.717) is 17.1 Å². The molecule has 3 nitrogen and oxygen atoms in total. The second kappa shape index (κ2) is 5.74. The molecule has 2 aromatic rings. The first-order valence-corrected chi connectivity index (χ1v) is 6.09. The van der Waals surface area contributed by atoms with Gasteiger partial charge in [-0.1, -0.05) is 0 Å². The summed E-state index contributed by atoms with van der Waals surface area (Å²) in [6.07, 6.45) is 0. The standard InChI is InChI=1S/C16H15FO3/c1-10-8-11(4-6-14(10)19-2)16(18)13-9-12(17)5-7-15(13)20-3/h4-9H,1-3H3. The average molecular weight is 274 g/mol. The molecule has 0 N–H and O–H groups in total. The molecule has 0 aromatic heterocycles. The molecular formula is C16H15FO3. The van der Waals surface area contributed by atoms with Gasteiger partial charge in [-0.2, -0.15) is 0 Å². The molecule has 0 aliphatic heterocycles. The third-order valence-corrected chi connectivity index (χ3v) is 3.06. The molecule has 0 saturated carbocycles. The maximum absolute atomic E-state index is 13.3. The first-order chi connectivity index (χ1) is 9.56. The monoisotopic (exact) mass is 274 g/mol. The average Bonchev–Trinajstić information content (AvgIpc) is 2.46. The summed E-state index contributed by atoms with van der Waals surface area (Å²) in [6, 6.07) is 8.97. The first kappa shape index (κ1) is 14.1. The van der Waals surface area contributed by atoms with Gasteiger partial charge in [0.2, 0.25) is 0 Å². The largest absolute Gasteiger partial charge is 0.496 e. The van der Waals surface area contributed by atoms with E-state index in [1.165, 1.54) is 25.3 Å². The van der Waals surface area contributed by atoms with E-state index in [2.05, 4.69) is 0 Å². The summed E-state index contributed by atoms with van der Waals surface area (Å²) in [7, 11) is 3.02. The summed E-state index contributed by atoms with van der Waals surface area (Å²) < 4.78 is 23.6. The Morgan fingerprint density at radius 3 is 2.25 bits per heavy atom. The highest BCUT2D eigenvalue weighted by atomic mass is 19.1. The fourth-order valence-corrected chi connectivity index (χ4v) is 2.03. The lowest BCUT2D eigenvalue weighted by atomic mass is 10.0. The summed E-state index contributed by atoms with van der Waals surface area (Å²) >= 11 is 0. The fourth-order valence-electron chi connectivity index (χ4n) is 2.03. The van der Waals surface area contributed by atoms with Gasteiger partial charge in [0.15, 0.2) is 5.78 Å². The van der Waals surface area contributed by atoms with E-state index in [9.17, 15) is 9.18 Å². The van der Waals surface area contributed by atoms with Crippen LogP contribution < -0.4 is 9.47 Å². The third-order valence-electron chi connectivity index (χ3n) is 3.06. The van der Waals surface area contributed by atoms with E-state index in [1.54, 1.807) is 25.3 Å². The Labute approximate surface area is 117 Å². The molecule has 20 heavy (non-hydrogen) atoms. The van der Waals surface area contributed by atoms with Crippen molar-refractivity contribution in [2.24, 2.45) is 0 Å². The zero-order chi connectivity index (χ0) is 14.7. The Morgan fingerprint density at radius 2 is 1.65 bits per heavy atom. The van der Waals surface area contributed by atoms with Gasteiger partial charge >= 0.3 is 0 Å². The lowest BCUT2D eigenvalue weighted by Gasteiger charge is -2.10. The van der Waals surface area contributed by atoms with Gasteiger partial charge in [-0.3, -0.25) is 4.79 Å². The van der Waals surface area contributed by atoms with Crippen LogP contribution in [0.2, 0.25) is 0 Å². The SMILES string of the molecule is COc1ccc(C(=O)c2cc(F)ccc2OC)cc1C. The van der Waals surface area contributed by atoms with Gasteiger partial charge in [0.05, 0.1) is 19.8 Å². The van der Waals surface area contributed by atoms with Gasteiger partial charge in [-0.15, -0.1) is 0 Å². The molecule has 0 amide bonds. The summed E-state index contributed by atoms with van der Waals surface area (Å²) in [4.78, 5) is 12.4. The number of hydrogen-bond acceptors (Lipinski definition) is 3. The van der Waals surface area contributed by atoms with E-state index in [1.807, 2.05) is 6.92 Å². The van der Waals surface area contributed by atoms with E-state index >= 15 is 0 Å². The normalized spacial score (nSPS) is 10.2. The first-order valence-electron chi connectivity index (χ1n) is 6.09. The second-order valence-corrected chi connectivity index (χ2v) is 4.36. The minimum Gasteiger partial charge on any atom is -0.496 e. The van der Waals surface area contributed by atoms with E-state index in [4.69, 9.17) is 9.47 Å². The summed E-state index contributed by atoms with van der Waals surface area (Å²) in [5.74, 6) is 0.295. The quantitative estimate of drug-likeness (QED) is 0.802. The highest BCUT2D eigenvalue weighted by molar-refractivity contribution is 6.10. The van der Waals surface area contributed by atoms with Crippen LogP contribution in [-0.2, 0) is 0 Å². The Bertz CT molecular complexity index is 650. The molecule has 2 aromatic carbocycles. The van der Waals surface area contributed by atoms with Gasteiger partial charge < -0.3 is 9.47 Å². The number of rotatable bonds is 4. The van der Waals surface area contributed by atoms with Crippen molar-refractivity contribution in [1.82, 2.24) is 0 Å². The number of methoxy groups -OCH3 is 2. The number of aryl methyl sites for hydroxylation is 1. The number of ketones is 1. The molecule has 0 bridgehead atoms. The highest BCUT2D eigenvalue weighted by Crippen LogP contribution is 2.25. The van der Waals surface area contributed by atoms with Crippen molar-refractivity contribution in [2.45, 2.75) is 6.92 Å². The van der Waals surface area contributed by atoms with Crippen LogP contribution in [0.25, 0.3) is 0 Å². The molecule has 4 heteroatoms. The topological polar surface area (TPSA) is 35.5 Å². The van der Waals surface area contributed by atoms with Crippen molar-refractivity contribution >= 4 is 5.78 Å². The van der Waals surface area contributed by atoms with Crippen molar-refractivity contribution in [3.63, 3.8) is 0 Å². The maximum Gasteiger partial charge on any atom is 0.196 e. The molecule has 0 aliphatic carbocycles. The minimum atomic E-state index is -0.473. The Morgan fingerprint density at radius 1 is 1.00 bits per heavy atom. The molecule has 0 heterocycles. The number of carbonyl (C=O) groups excluding carboxylic acids is 1. The molecule has 0 aliphatic rings. The van der Waals surface area contributed by atoms with E-state index < -0.39 is 5.82 Å². The zero-order valence-corrected chi connectivity index (χ0v) is 11.6. The fraction of sp³-hybridized carbons (Fsp3) is 0.188. The predicted octanol–water partition coefficient (Wildman–Crippen LogP) is 3.38. The van der Waals surface area contributed by atoms with E-state index in [0.717, 1.165) is 5.56 Å². The van der Waals surface area contributed by atoms with Crippen molar-refractivity contribution < 1.29 is 18.7 Å². The summed E-state index contributed by atoms with van der Waals surface area (Å²) in [6.45, 7) is 1.85. The third kappa shape index (κ3) is 2.64. The van der Waals surface area contributed by atoms with Crippen LogP contribution in [0.5, 0.6) is 11.5 Å². The highest BCUT2D eigenvalue weighted by Gasteiger charge is 2.16. The second-order valence-electron chi connectivity index (χ2n) is 4.36. The molecule has 104 valence electrons. The number of ether oxygens (including phenoxy) is 2. The van der Waals surface area contributed by atoms with E-state index in [-0.39, 0.29) is 11.3 Å². The van der Waals surface area contributed by atoms with Crippen LogP contribution in [0.3, 0.4) is 0 Å². The van der Waals surface area contributed by atoms with Crippen LogP contribution in [-0.4, -0.2) is 20.0 Å². The van der Waals surface area contributed by atoms with Crippen molar-refractivity contribution in [3.8, 4) is 11.5 Å². The molecule has 2 rings (SSSR count). The minimum absolute atomic E-state index is 0.206. The predicted molar refractivity (Wildman–Crippen MR) is 74.1 cm³/mol. The van der Waals surface area contributed by atoms with Crippen LogP contribution in [0.4, 0.5) is 4.39 Å². The number of carbonyl (C=O) groups is 1. The molecule has 0 saturated heterocycles. The number of hydrogen-bond donors (Lipinski definition) is 0.